The van der Waals surface area contributed by atoms with Crippen LogP contribution in [0.15, 0.2) is 24.3 Å². The van der Waals surface area contributed by atoms with Crippen LogP contribution in [0.1, 0.15) is 18.5 Å². The Balaban J connectivity index is 2.07. The molecule has 1 aliphatic rings. The highest BCUT2D eigenvalue weighted by Crippen LogP contribution is 2.23. The van der Waals surface area contributed by atoms with Gasteiger partial charge in [-0.15, -0.1) is 0 Å². The summed E-state index contributed by atoms with van der Waals surface area (Å²) in [6.07, 6.45) is 0. The van der Waals surface area contributed by atoms with Gasteiger partial charge in [0.15, 0.2) is 0 Å². The first-order chi connectivity index (χ1) is 8.09. The van der Waals surface area contributed by atoms with Crippen LogP contribution in [0.2, 0.25) is 0 Å². The van der Waals surface area contributed by atoms with Crippen LogP contribution in [0.25, 0.3) is 0 Å². The molecule has 0 bridgehead atoms. The molecule has 17 heavy (non-hydrogen) atoms. The smallest absolute Gasteiger partial charge is 0.269 e. The highest BCUT2D eigenvalue weighted by atomic mass is 16.6. The Bertz CT molecular complexity index is 401. The van der Waals surface area contributed by atoms with Crippen LogP contribution in [0.5, 0.6) is 0 Å². The average Bonchev–Trinajstić information content (AvgIpc) is 2.25. The number of nitrogens with one attached hydrogen (secondary N) is 1. The zero-order valence-corrected chi connectivity index (χ0v) is 10.1. The van der Waals surface area contributed by atoms with Gasteiger partial charge in [0.05, 0.1) is 4.92 Å². The monoisotopic (exact) mass is 235 g/mol. The molecule has 0 radical (unpaired) electrons. The van der Waals surface area contributed by atoms with E-state index in [0.717, 1.165) is 18.7 Å². The van der Waals surface area contributed by atoms with E-state index in [2.05, 4.69) is 24.2 Å². The van der Waals surface area contributed by atoms with E-state index in [1.165, 1.54) is 0 Å². The van der Waals surface area contributed by atoms with Crippen molar-refractivity contribution in [3.05, 3.63) is 39.9 Å². The zero-order chi connectivity index (χ0) is 12.4. The van der Waals surface area contributed by atoms with E-state index >= 15 is 0 Å². The molecule has 1 fully saturated rings. The van der Waals surface area contributed by atoms with Crippen LogP contribution >= 0.6 is 0 Å². The van der Waals surface area contributed by atoms with E-state index in [1.54, 1.807) is 12.1 Å². The quantitative estimate of drug-likeness (QED) is 0.635. The Morgan fingerprint density at radius 3 is 2.41 bits per heavy atom. The molecule has 0 amide bonds. The molecule has 0 aromatic heterocycles. The number of nitro benzene ring substituents is 1. The normalized spacial score (nSPS) is 17.8. The first kappa shape index (κ1) is 12.0. The summed E-state index contributed by atoms with van der Waals surface area (Å²) in [4.78, 5) is 12.5. The summed E-state index contributed by atoms with van der Waals surface area (Å²) < 4.78 is 0. The molecule has 2 rings (SSSR count). The van der Waals surface area contributed by atoms with Crippen LogP contribution in [0.4, 0.5) is 5.69 Å². The van der Waals surface area contributed by atoms with Gasteiger partial charge in [-0.25, -0.2) is 0 Å². The summed E-state index contributed by atoms with van der Waals surface area (Å²) in [5, 5.41) is 13.8. The van der Waals surface area contributed by atoms with E-state index in [0.29, 0.717) is 6.04 Å². The topological polar surface area (TPSA) is 58.4 Å². The summed E-state index contributed by atoms with van der Waals surface area (Å²) in [5.41, 5.74) is 1.26. The molecule has 5 nitrogen and oxygen atoms in total. The number of non-ortho nitro benzene ring substituents is 1. The molecular weight excluding hydrogens is 218 g/mol. The van der Waals surface area contributed by atoms with E-state index in [-0.39, 0.29) is 16.7 Å². The fraction of sp³-hybridized carbons (Fsp3) is 0.500. The number of hydrogen-bond donors (Lipinski definition) is 1. The summed E-state index contributed by atoms with van der Waals surface area (Å²) in [7, 11) is 2.09. The minimum Gasteiger partial charge on any atom is -0.314 e. The highest BCUT2D eigenvalue weighted by Gasteiger charge is 2.25. The van der Waals surface area contributed by atoms with Gasteiger partial charge in [0, 0.05) is 37.3 Å². The largest absolute Gasteiger partial charge is 0.314 e. The Hall–Kier alpha value is -1.46. The second-order valence-corrected chi connectivity index (χ2v) is 4.50. The van der Waals surface area contributed by atoms with Crippen molar-refractivity contribution in [1.82, 2.24) is 10.2 Å². The highest BCUT2D eigenvalue weighted by molar-refractivity contribution is 5.34. The van der Waals surface area contributed by atoms with Crippen LogP contribution in [-0.2, 0) is 0 Å². The van der Waals surface area contributed by atoms with Crippen molar-refractivity contribution in [2.75, 3.05) is 20.1 Å². The summed E-state index contributed by atoms with van der Waals surface area (Å²) in [6, 6.07) is 7.66. The van der Waals surface area contributed by atoms with Gasteiger partial charge in [0.1, 0.15) is 0 Å². The van der Waals surface area contributed by atoms with Crippen LogP contribution in [0.3, 0.4) is 0 Å². The summed E-state index contributed by atoms with van der Waals surface area (Å²) in [6.45, 7) is 4.17. The predicted molar refractivity (Wildman–Crippen MR) is 65.9 cm³/mol. The first-order valence-corrected chi connectivity index (χ1v) is 5.76. The molecule has 0 saturated carbocycles. The molecule has 92 valence electrons. The maximum absolute atomic E-state index is 10.6. The van der Waals surface area contributed by atoms with Gasteiger partial charge < -0.3 is 5.32 Å². The SMILES string of the molecule is CC(c1ccc([N+](=O)[O-])cc1)N(C)C1CNC1. The summed E-state index contributed by atoms with van der Waals surface area (Å²) >= 11 is 0. The van der Waals surface area contributed by atoms with Crippen molar-refractivity contribution in [1.29, 1.82) is 0 Å². The molecule has 1 unspecified atom stereocenters. The molecule has 1 N–H and O–H groups in total. The van der Waals surface area contributed by atoms with Gasteiger partial charge in [-0.2, -0.15) is 0 Å². The van der Waals surface area contributed by atoms with Crippen molar-refractivity contribution < 1.29 is 4.92 Å². The Labute approximate surface area is 101 Å². The number of nitro groups is 1. The lowest BCUT2D eigenvalue weighted by molar-refractivity contribution is -0.384. The number of rotatable bonds is 4. The minimum atomic E-state index is -0.367. The van der Waals surface area contributed by atoms with Crippen molar-refractivity contribution in [2.24, 2.45) is 0 Å². The zero-order valence-electron chi connectivity index (χ0n) is 10.1. The number of benzene rings is 1. The van der Waals surface area contributed by atoms with Crippen molar-refractivity contribution in [3.8, 4) is 0 Å². The Morgan fingerprint density at radius 1 is 1.41 bits per heavy atom. The number of nitrogens with zero attached hydrogens (tertiary/aromatic N) is 2. The van der Waals surface area contributed by atoms with Crippen LogP contribution in [0, 0.1) is 10.1 Å². The molecule has 1 heterocycles. The lowest BCUT2D eigenvalue weighted by atomic mass is 10.0. The fourth-order valence-corrected chi connectivity index (χ4v) is 1.99. The van der Waals surface area contributed by atoms with Gasteiger partial charge in [-0.3, -0.25) is 15.0 Å². The second kappa shape index (κ2) is 4.81. The maximum atomic E-state index is 10.6. The summed E-state index contributed by atoms with van der Waals surface area (Å²) in [5.74, 6) is 0. The van der Waals surface area contributed by atoms with Crippen molar-refractivity contribution >= 4 is 5.69 Å². The molecule has 1 aromatic carbocycles. The Kier molecular flexibility index (Phi) is 3.40. The molecule has 1 saturated heterocycles. The van der Waals surface area contributed by atoms with Crippen molar-refractivity contribution in [2.45, 2.75) is 19.0 Å². The molecule has 1 aliphatic heterocycles. The molecular formula is C12H17N3O2. The van der Waals surface area contributed by atoms with Crippen LogP contribution in [-0.4, -0.2) is 36.0 Å². The third-order valence-corrected chi connectivity index (χ3v) is 3.53. The molecule has 0 spiro atoms. The van der Waals surface area contributed by atoms with Crippen molar-refractivity contribution in [3.63, 3.8) is 0 Å². The lowest BCUT2D eigenvalue weighted by Crippen LogP contribution is -2.56. The fourth-order valence-electron chi connectivity index (χ4n) is 1.99. The third-order valence-electron chi connectivity index (χ3n) is 3.53. The van der Waals surface area contributed by atoms with Gasteiger partial charge in [0.2, 0.25) is 0 Å². The average molecular weight is 235 g/mol. The van der Waals surface area contributed by atoms with E-state index in [4.69, 9.17) is 0 Å². The Morgan fingerprint density at radius 2 is 2.00 bits per heavy atom. The van der Waals surface area contributed by atoms with E-state index < -0.39 is 0 Å². The lowest BCUT2D eigenvalue weighted by Gasteiger charge is -2.39. The first-order valence-electron chi connectivity index (χ1n) is 5.76. The van der Waals surface area contributed by atoms with Gasteiger partial charge >= 0.3 is 0 Å². The van der Waals surface area contributed by atoms with E-state index in [1.807, 2.05) is 12.1 Å². The third kappa shape index (κ3) is 2.45. The van der Waals surface area contributed by atoms with Gasteiger partial charge in [-0.1, -0.05) is 12.1 Å². The minimum absolute atomic E-state index is 0.147. The second-order valence-electron chi connectivity index (χ2n) is 4.50. The molecule has 1 aromatic rings. The maximum Gasteiger partial charge on any atom is 0.269 e. The predicted octanol–water partition coefficient (Wildman–Crippen LogP) is 1.56. The number of hydrogen-bond acceptors (Lipinski definition) is 4. The number of likely N-dealkylation sites (N-methyl/N-ethyl adjacent to an activating group) is 1. The van der Waals surface area contributed by atoms with Gasteiger partial charge in [0.25, 0.3) is 5.69 Å². The van der Waals surface area contributed by atoms with Crippen LogP contribution < -0.4 is 5.32 Å². The van der Waals surface area contributed by atoms with E-state index in [9.17, 15) is 10.1 Å². The molecule has 0 aliphatic carbocycles. The van der Waals surface area contributed by atoms with Gasteiger partial charge in [-0.05, 0) is 19.5 Å². The molecule has 5 heteroatoms. The molecule has 1 atom stereocenters. The standard InChI is InChI=1S/C12H17N3O2/c1-9(14(2)12-7-13-8-12)10-3-5-11(6-4-10)15(16)17/h3-6,9,12-13H,7-8H2,1-2H3.